The van der Waals surface area contributed by atoms with Crippen LogP contribution in [0.3, 0.4) is 0 Å². The van der Waals surface area contributed by atoms with Gasteiger partial charge in [0.05, 0.1) is 0 Å². The number of hydrogen-bond donors (Lipinski definition) is 1. The summed E-state index contributed by atoms with van der Waals surface area (Å²) in [6.45, 7) is 0.386. The number of carboxylic acids is 1. The molecule has 0 amide bonds. The highest BCUT2D eigenvalue weighted by molar-refractivity contribution is 5.75. The summed E-state index contributed by atoms with van der Waals surface area (Å²) in [4.78, 5) is 13.0. The normalized spacial score (nSPS) is 12.4. The number of halogens is 2. The molecule has 0 spiro atoms. The topological polar surface area (TPSA) is 40.5 Å². The first-order valence-corrected chi connectivity index (χ1v) is 6.41. The first kappa shape index (κ1) is 15.1. The predicted molar refractivity (Wildman–Crippen MR) is 74.6 cm³/mol. The van der Waals surface area contributed by atoms with Gasteiger partial charge in [0.2, 0.25) is 0 Å². The van der Waals surface area contributed by atoms with Crippen molar-refractivity contribution < 1.29 is 18.7 Å². The van der Waals surface area contributed by atoms with E-state index in [1.165, 1.54) is 6.07 Å². The van der Waals surface area contributed by atoms with Gasteiger partial charge in [0.15, 0.2) is 11.6 Å². The monoisotopic (exact) mass is 291 g/mol. The van der Waals surface area contributed by atoms with Gasteiger partial charge in [0.25, 0.3) is 0 Å². The molecule has 2 aromatic carbocycles. The highest BCUT2D eigenvalue weighted by atomic mass is 19.2. The Hall–Kier alpha value is -2.27. The smallest absolute Gasteiger partial charge is 0.325 e. The Morgan fingerprint density at radius 2 is 1.81 bits per heavy atom. The molecule has 5 heteroatoms. The average Bonchev–Trinajstić information content (AvgIpc) is 2.43. The van der Waals surface area contributed by atoms with Gasteiger partial charge in [-0.2, -0.15) is 0 Å². The summed E-state index contributed by atoms with van der Waals surface area (Å²) < 4.78 is 26.3. The SMILES string of the molecule is CN(Cc1ccccc1)C(C(=O)O)c1ccc(F)c(F)c1. The van der Waals surface area contributed by atoms with Crippen molar-refractivity contribution in [1.29, 1.82) is 0 Å². The van der Waals surface area contributed by atoms with E-state index in [0.29, 0.717) is 6.54 Å². The highest BCUT2D eigenvalue weighted by Gasteiger charge is 2.25. The molecule has 0 fully saturated rings. The molecule has 1 N–H and O–H groups in total. The maximum atomic E-state index is 13.3. The van der Waals surface area contributed by atoms with Crippen LogP contribution in [0.15, 0.2) is 48.5 Å². The van der Waals surface area contributed by atoms with Gasteiger partial charge in [-0.1, -0.05) is 36.4 Å². The quantitative estimate of drug-likeness (QED) is 0.919. The van der Waals surface area contributed by atoms with Gasteiger partial charge in [0, 0.05) is 6.54 Å². The molecule has 110 valence electrons. The number of aliphatic carboxylic acids is 1. The number of carbonyl (C=O) groups is 1. The fraction of sp³-hybridized carbons (Fsp3) is 0.188. The molecule has 0 radical (unpaired) electrons. The molecule has 1 unspecified atom stereocenters. The zero-order chi connectivity index (χ0) is 15.4. The molecule has 3 nitrogen and oxygen atoms in total. The zero-order valence-corrected chi connectivity index (χ0v) is 11.5. The number of likely N-dealkylation sites (N-methyl/N-ethyl adjacent to an activating group) is 1. The van der Waals surface area contributed by atoms with Crippen molar-refractivity contribution in [3.05, 3.63) is 71.3 Å². The second kappa shape index (κ2) is 6.45. The second-order valence-electron chi connectivity index (χ2n) is 4.82. The summed E-state index contributed by atoms with van der Waals surface area (Å²) in [5, 5.41) is 9.38. The zero-order valence-electron chi connectivity index (χ0n) is 11.5. The van der Waals surface area contributed by atoms with Crippen molar-refractivity contribution in [2.45, 2.75) is 12.6 Å². The molecule has 0 aliphatic heterocycles. The van der Waals surface area contributed by atoms with Crippen LogP contribution in [0.5, 0.6) is 0 Å². The van der Waals surface area contributed by atoms with Gasteiger partial charge in [-0.15, -0.1) is 0 Å². The second-order valence-corrected chi connectivity index (χ2v) is 4.82. The molecule has 2 rings (SSSR count). The van der Waals surface area contributed by atoms with E-state index in [-0.39, 0.29) is 5.56 Å². The fourth-order valence-corrected chi connectivity index (χ4v) is 2.23. The van der Waals surface area contributed by atoms with Crippen LogP contribution in [0, 0.1) is 11.6 Å². The Balaban J connectivity index is 2.26. The first-order chi connectivity index (χ1) is 9.99. The average molecular weight is 291 g/mol. The van der Waals surface area contributed by atoms with Crippen molar-refractivity contribution in [2.75, 3.05) is 7.05 Å². The first-order valence-electron chi connectivity index (χ1n) is 6.41. The molecule has 0 aliphatic carbocycles. The number of rotatable bonds is 5. The largest absolute Gasteiger partial charge is 0.480 e. The third-order valence-corrected chi connectivity index (χ3v) is 3.21. The lowest BCUT2D eigenvalue weighted by Crippen LogP contribution is -2.30. The van der Waals surface area contributed by atoms with Gasteiger partial charge >= 0.3 is 5.97 Å². The number of nitrogens with zero attached hydrogens (tertiary/aromatic N) is 1. The molecule has 0 bridgehead atoms. The predicted octanol–water partition coefficient (Wildman–Crippen LogP) is 3.22. The van der Waals surface area contributed by atoms with Crippen molar-refractivity contribution in [3.63, 3.8) is 0 Å². The highest BCUT2D eigenvalue weighted by Crippen LogP contribution is 2.23. The third-order valence-electron chi connectivity index (χ3n) is 3.21. The standard InChI is InChI=1S/C16H15F2NO2/c1-19(10-11-5-3-2-4-6-11)15(16(20)21)12-7-8-13(17)14(18)9-12/h2-9,15H,10H2,1H3,(H,20,21). The van der Waals surface area contributed by atoms with Gasteiger partial charge in [0.1, 0.15) is 6.04 Å². The molecule has 2 aromatic rings. The Morgan fingerprint density at radius 3 is 2.38 bits per heavy atom. The minimum atomic E-state index is -1.11. The fourth-order valence-electron chi connectivity index (χ4n) is 2.23. The van der Waals surface area contributed by atoms with E-state index < -0.39 is 23.6 Å². The Kier molecular flexibility index (Phi) is 4.65. The lowest BCUT2D eigenvalue weighted by molar-refractivity contribution is -0.143. The number of carboxylic acid groups (broad SMARTS) is 1. The molecule has 0 aliphatic rings. The van der Waals surface area contributed by atoms with Gasteiger partial charge in [-0.05, 0) is 30.3 Å². The van der Waals surface area contributed by atoms with Crippen LogP contribution in [-0.4, -0.2) is 23.0 Å². The summed E-state index contributed by atoms with van der Waals surface area (Å²) in [5.41, 5.74) is 1.15. The molecule has 1 atom stereocenters. The van der Waals surface area contributed by atoms with Gasteiger partial charge in [-0.3, -0.25) is 9.69 Å². The molecular weight excluding hydrogens is 276 g/mol. The molecule has 21 heavy (non-hydrogen) atoms. The maximum Gasteiger partial charge on any atom is 0.325 e. The summed E-state index contributed by atoms with van der Waals surface area (Å²) in [6.07, 6.45) is 0. The molecular formula is C16H15F2NO2. The lowest BCUT2D eigenvalue weighted by Gasteiger charge is -2.25. The Bertz CT molecular complexity index is 631. The van der Waals surface area contributed by atoms with Crippen LogP contribution in [0.1, 0.15) is 17.2 Å². The van der Waals surface area contributed by atoms with Crippen LogP contribution in [0.2, 0.25) is 0 Å². The van der Waals surface area contributed by atoms with E-state index in [1.807, 2.05) is 30.3 Å². The van der Waals surface area contributed by atoms with E-state index in [9.17, 15) is 18.7 Å². The maximum absolute atomic E-state index is 13.3. The summed E-state index contributed by atoms with van der Waals surface area (Å²) in [5.74, 6) is -3.15. The minimum Gasteiger partial charge on any atom is -0.480 e. The molecule has 0 aromatic heterocycles. The molecule has 0 saturated heterocycles. The molecule has 0 saturated carbocycles. The van der Waals surface area contributed by atoms with E-state index in [2.05, 4.69) is 0 Å². The number of hydrogen-bond acceptors (Lipinski definition) is 2. The van der Waals surface area contributed by atoms with E-state index in [1.54, 1.807) is 11.9 Å². The number of benzene rings is 2. The van der Waals surface area contributed by atoms with E-state index in [4.69, 9.17) is 0 Å². The third kappa shape index (κ3) is 3.64. The van der Waals surface area contributed by atoms with Crippen LogP contribution in [0.25, 0.3) is 0 Å². The Labute approximate surface area is 121 Å². The summed E-state index contributed by atoms with van der Waals surface area (Å²) in [7, 11) is 1.63. The van der Waals surface area contributed by atoms with Crippen LogP contribution in [0.4, 0.5) is 8.78 Å². The van der Waals surface area contributed by atoms with Crippen LogP contribution < -0.4 is 0 Å². The summed E-state index contributed by atoms with van der Waals surface area (Å²) in [6, 6.07) is 11.5. The van der Waals surface area contributed by atoms with E-state index >= 15 is 0 Å². The van der Waals surface area contributed by atoms with Crippen molar-refractivity contribution in [1.82, 2.24) is 4.90 Å². The van der Waals surface area contributed by atoms with Gasteiger partial charge < -0.3 is 5.11 Å². The van der Waals surface area contributed by atoms with Crippen LogP contribution >= 0.6 is 0 Å². The molecule has 0 heterocycles. The van der Waals surface area contributed by atoms with Crippen LogP contribution in [-0.2, 0) is 11.3 Å². The minimum absolute atomic E-state index is 0.208. The van der Waals surface area contributed by atoms with Gasteiger partial charge in [-0.25, -0.2) is 8.78 Å². The lowest BCUT2D eigenvalue weighted by atomic mass is 10.0. The van der Waals surface area contributed by atoms with E-state index in [0.717, 1.165) is 17.7 Å². The van der Waals surface area contributed by atoms with Crippen molar-refractivity contribution in [3.8, 4) is 0 Å². The van der Waals surface area contributed by atoms with Crippen molar-refractivity contribution in [2.24, 2.45) is 0 Å². The Morgan fingerprint density at radius 1 is 1.14 bits per heavy atom. The summed E-state index contributed by atoms with van der Waals surface area (Å²) >= 11 is 0. The van der Waals surface area contributed by atoms with Crippen molar-refractivity contribution >= 4 is 5.97 Å².